The molecule has 1 aliphatic rings. The van der Waals surface area contributed by atoms with E-state index in [2.05, 4.69) is 24.1 Å². The molecule has 0 saturated heterocycles. The Morgan fingerprint density at radius 1 is 1.26 bits per heavy atom. The molecule has 0 bridgehead atoms. The summed E-state index contributed by atoms with van der Waals surface area (Å²) in [5.74, 6) is -1.48. The molecule has 0 radical (unpaired) electrons. The Morgan fingerprint density at radius 3 is 2.53 bits per heavy atom. The highest BCUT2D eigenvalue weighted by atomic mass is 19.1. The minimum Gasteiger partial charge on any atom is -0.349 e. The quantitative estimate of drug-likeness (QED) is 0.838. The molecule has 1 aromatic heterocycles. The molecule has 1 heterocycles. The van der Waals surface area contributed by atoms with E-state index in [1.165, 1.54) is 0 Å². The molecule has 0 aliphatic heterocycles. The topological polar surface area (TPSA) is 42.0 Å². The van der Waals surface area contributed by atoms with E-state index in [1.54, 1.807) is 0 Å². The molecule has 1 aromatic rings. The van der Waals surface area contributed by atoms with Gasteiger partial charge in [-0.15, -0.1) is 0 Å². The molecule has 1 fully saturated rings. The molecule has 3 atom stereocenters. The second-order valence-electron chi connectivity index (χ2n) is 5.35. The summed E-state index contributed by atoms with van der Waals surface area (Å²) in [6, 6.07) is 1.97. The molecule has 5 heteroatoms. The van der Waals surface area contributed by atoms with Crippen LogP contribution in [0.4, 0.5) is 8.78 Å². The zero-order valence-electron chi connectivity index (χ0n) is 11.1. The zero-order valence-corrected chi connectivity index (χ0v) is 11.1. The number of amides is 1. The summed E-state index contributed by atoms with van der Waals surface area (Å²) < 4.78 is 25.9. The van der Waals surface area contributed by atoms with Gasteiger partial charge in [0.2, 0.25) is 11.9 Å². The van der Waals surface area contributed by atoms with Crippen molar-refractivity contribution in [1.82, 2.24) is 10.3 Å². The number of pyridine rings is 1. The molecule has 0 aromatic carbocycles. The first-order chi connectivity index (χ1) is 8.97. The van der Waals surface area contributed by atoms with Crippen LogP contribution in [0.15, 0.2) is 12.1 Å². The van der Waals surface area contributed by atoms with Gasteiger partial charge < -0.3 is 5.32 Å². The van der Waals surface area contributed by atoms with Crippen molar-refractivity contribution < 1.29 is 13.6 Å². The molecule has 0 spiro atoms. The van der Waals surface area contributed by atoms with E-state index in [9.17, 15) is 13.6 Å². The third kappa shape index (κ3) is 3.28. The Hall–Kier alpha value is -1.52. The van der Waals surface area contributed by atoms with Gasteiger partial charge in [-0.05, 0) is 18.3 Å². The Balaban J connectivity index is 2.08. The first-order valence-corrected chi connectivity index (χ1v) is 6.61. The predicted octanol–water partition coefficient (Wildman–Crippen LogP) is 2.91. The maximum atomic E-state index is 13.0. The summed E-state index contributed by atoms with van der Waals surface area (Å²) in [5, 5.41) is 2.87. The van der Waals surface area contributed by atoms with Crippen LogP contribution in [-0.4, -0.2) is 16.9 Å². The molecule has 104 valence electrons. The van der Waals surface area contributed by atoms with Crippen LogP contribution in [0, 0.1) is 23.7 Å². The Kier molecular flexibility index (Phi) is 4.12. The molecule has 1 amide bonds. The zero-order chi connectivity index (χ0) is 14.0. The Bertz CT molecular complexity index is 458. The minimum atomic E-state index is -0.977. The van der Waals surface area contributed by atoms with Crippen LogP contribution in [0.5, 0.6) is 0 Å². The maximum Gasteiger partial charge on any atom is 0.251 e. The van der Waals surface area contributed by atoms with Crippen molar-refractivity contribution in [1.29, 1.82) is 0 Å². The van der Waals surface area contributed by atoms with E-state index in [1.807, 2.05) is 0 Å². The fraction of sp³-hybridized carbons (Fsp3) is 0.571. The first kappa shape index (κ1) is 13.9. The second-order valence-corrected chi connectivity index (χ2v) is 5.35. The van der Waals surface area contributed by atoms with Crippen LogP contribution < -0.4 is 5.32 Å². The SMILES string of the molecule is CC1CCCC(NC(=O)c2cc(F)nc(F)c2)C1C. The van der Waals surface area contributed by atoms with Crippen LogP contribution in [0.1, 0.15) is 43.5 Å². The van der Waals surface area contributed by atoms with Crippen LogP contribution in [0.3, 0.4) is 0 Å². The molecule has 3 unspecified atom stereocenters. The number of carbonyl (C=O) groups is 1. The number of aromatic nitrogens is 1. The van der Waals surface area contributed by atoms with Gasteiger partial charge in [-0.1, -0.05) is 26.7 Å². The van der Waals surface area contributed by atoms with Gasteiger partial charge in [0.15, 0.2) is 0 Å². The van der Waals surface area contributed by atoms with E-state index >= 15 is 0 Å². The lowest BCUT2D eigenvalue weighted by atomic mass is 9.78. The lowest BCUT2D eigenvalue weighted by Gasteiger charge is -2.34. The number of hydrogen-bond donors (Lipinski definition) is 1. The second kappa shape index (κ2) is 5.63. The van der Waals surface area contributed by atoms with Crippen molar-refractivity contribution in [3.8, 4) is 0 Å². The summed E-state index contributed by atoms with van der Waals surface area (Å²) in [6.07, 6.45) is 3.13. The normalized spacial score (nSPS) is 27.1. The van der Waals surface area contributed by atoms with Crippen LogP contribution in [0.25, 0.3) is 0 Å². The third-order valence-electron chi connectivity index (χ3n) is 4.05. The van der Waals surface area contributed by atoms with Crippen molar-refractivity contribution in [2.45, 2.75) is 39.2 Å². The van der Waals surface area contributed by atoms with Crippen molar-refractivity contribution in [3.05, 3.63) is 29.6 Å². The summed E-state index contributed by atoms with van der Waals surface area (Å²) in [7, 11) is 0. The van der Waals surface area contributed by atoms with Gasteiger partial charge in [-0.25, -0.2) is 0 Å². The molecular formula is C14H18F2N2O. The van der Waals surface area contributed by atoms with E-state index in [0.29, 0.717) is 11.8 Å². The number of hydrogen-bond acceptors (Lipinski definition) is 2. The molecular weight excluding hydrogens is 250 g/mol. The minimum absolute atomic E-state index is 0.0181. The number of halogens is 2. The highest BCUT2D eigenvalue weighted by Gasteiger charge is 2.28. The van der Waals surface area contributed by atoms with Crippen LogP contribution in [0.2, 0.25) is 0 Å². The summed E-state index contributed by atoms with van der Waals surface area (Å²) in [6.45, 7) is 4.26. The highest BCUT2D eigenvalue weighted by molar-refractivity contribution is 5.94. The summed E-state index contributed by atoms with van der Waals surface area (Å²) in [4.78, 5) is 15.0. The standard InChI is InChI=1S/C14H18F2N2O/c1-8-4-3-5-11(9(8)2)17-14(19)10-6-12(15)18-13(16)7-10/h6-9,11H,3-5H2,1-2H3,(H,17,19). The molecule has 1 saturated carbocycles. The Labute approximate surface area is 111 Å². The van der Waals surface area contributed by atoms with Crippen LogP contribution in [-0.2, 0) is 0 Å². The first-order valence-electron chi connectivity index (χ1n) is 6.61. The molecule has 2 rings (SSSR count). The average Bonchev–Trinajstić information content (AvgIpc) is 2.33. The van der Waals surface area contributed by atoms with Gasteiger partial charge in [-0.2, -0.15) is 13.8 Å². The highest BCUT2D eigenvalue weighted by Crippen LogP contribution is 2.29. The van der Waals surface area contributed by atoms with Gasteiger partial charge >= 0.3 is 0 Å². The summed E-state index contributed by atoms with van der Waals surface area (Å²) in [5.41, 5.74) is -0.0181. The lowest BCUT2D eigenvalue weighted by molar-refractivity contribution is 0.0889. The Morgan fingerprint density at radius 2 is 1.89 bits per heavy atom. The number of rotatable bonds is 2. The summed E-state index contributed by atoms with van der Waals surface area (Å²) >= 11 is 0. The van der Waals surface area contributed by atoms with Crippen molar-refractivity contribution in [2.24, 2.45) is 11.8 Å². The number of nitrogens with one attached hydrogen (secondary N) is 1. The smallest absolute Gasteiger partial charge is 0.251 e. The number of nitrogens with zero attached hydrogens (tertiary/aromatic N) is 1. The number of carbonyl (C=O) groups excluding carboxylic acids is 1. The van der Waals surface area contributed by atoms with Crippen molar-refractivity contribution in [2.75, 3.05) is 0 Å². The largest absolute Gasteiger partial charge is 0.349 e. The fourth-order valence-corrected chi connectivity index (χ4v) is 2.63. The monoisotopic (exact) mass is 268 g/mol. The third-order valence-corrected chi connectivity index (χ3v) is 4.05. The van der Waals surface area contributed by atoms with Crippen LogP contribution >= 0.6 is 0 Å². The van der Waals surface area contributed by atoms with Crippen molar-refractivity contribution in [3.63, 3.8) is 0 Å². The van der Waals surface area contributed by atoms with E-state index < -0.39 is 17.8 Å². The fourth-order valence-electron chi connectivity index (χ4n) is 2.63. The average molecular weight is 268 g/mol. The van der Waals surface area contributed by atoms with Gasteiger partial charge in [0, 0.05) is 23.7 Å². The molecule has 1 N–H and O–H groups in total. The van der Waals surface area contributed by atoms with E-state index in [0.717, 1.165) is 31.4 Å². The van der Waals surface area contributed by atoms with Gasteiger partial charge in [0.05, 0.1) is 0 Å². The maximum absolute atomic E-state index is 13.0. The van der Waals surface area contributed by atoms with Gasteiger partial charge in [0.1, 0.15) is 0 Å². The molecule has 1 aliphatic carbocycles. The molecule has 19 heavy (non-hydrogen) atoms. The van der Waals surface area contributed by atoms with E-state index in [-0.39, 0.29) is 11.6 Å². The van der Waals surface area contributed by atoms with Gasteiger partial charge in [0.25, 0.3) is 5.91 Å². The lowest BCUT2D eigenvalue weighted by Crippen LogP contribution is -2.43. The molecule has 3 nitrogen and oxygen atoms in total. The predicted molar refractivity (Wildman–Crippen MR) is 67.6 cm³/mol. The van der Waals surface area contributed by atoms with Crippen molar-refractivity contribution >= 4 is 5.91 Å². The van der Waals surface area contributed by atoms with E-state index in [4.69, 9.17) is 0 Å². The van der Waals surface area contributed by atoms with Gasteiger partial charge in [-0.3, -0.25) is 4.79 Å².